The molecule has 110 valence electrons. The molecule has 21 heavy (non-hydrogen) atoms. The molecule has 0 aromatic carbocycles. The van der Waals surface area contributed by atoms with E-state index in [0.717, 1.165) is 47.8 Å². The molecule has 0 saturated carbocycles. The van der Waals surface area contributed by atoms with E-state index in [4.69, 9.17) is 10.7 Å². The molecule has 8 heteroatoms. The van der Waals surface area contributed by atoms with Gasteiger partial charge in [0, 0.05) is 55.9 Å². The number of rotatable bonds is 3. The van der Waals surface area contributed by atoms with Gasteiger partial charge in [-0.3, -0.25) is 4.40 Å². The van der Waals surface area contributed by atoms with Crippen molar-refractivity contribution in [1.82, 2.24) is 14.4 Å². The fourth-order valence-corrected chi connectivity index (χ4v) is 4.17. The molecule has 1 aliphatic rings. The maximum atomic E-state index is 5.93. The number of thiazole rings is 2. The summed E-state index contributed by atoms with van der Waals surface area (Å²) in [6.07, 6.45) is 3.91. The Balaban J connectivity index is 1.56. The topological polar surface area (TPSA) is 62.7 Å². The zero-order valence-electron chi connectivity index (χ0n) is 11.5. The van der Waals surface area contributed by atoms with Crippen molar-refractivity contribution in [3.05, 3.63) is 28.8 Å². The van der Waals surface area contributed by atoms with Crippen LogP contribution in [0, 0.1) is 0 Å². The van der Waals surface area contributed by atoms with E-state index in [2.05, 4.69) is 19.2 Å². The Bertz CT molecular complexity index is 723. The highest BCUT2D eigenvalue weighted by Crippen LogP contribution is 2.26. The largest absolute Gasteiger partial charge is 0.351 e. The van der Waals surface area contributed by atoms with Crippen molar-refractivity contribution < 1.29 is 0 Å². The van der Waals surface area contributed by atoms with Crippen LogP contribution in [0.5, 0.6) is 0 Å². The van der Waals surface area contributed by atoms with Crippen molar-refractivity contribution in [3.63, 3.8) is 0 Å². The van der Waals surface area contributed by atoms with Crippen LogP contribution in [0.3, 0.4) is 0 Å². The molecule has 0 aliphatic carbocycles. The fourth-order valence-electron chi connectivity index (χ4n) is 2.75. The molecule has 2 N–H and O–H groups in total. The van der Waals surface area contributed by atoms with Gasteiger partial charge in [0.15, 0.2) is 15.9 Å². The van der Waals surface area contributed by atoms with Crippen LogP contribution in [-0.4, -0.2) is 40.5 Å². The van der Waals surface area contributed by atoms with E-state index >= 15 is 0 Å². The zero-order chi connectivity index (χ0) is 14.2. The van der Waals surface area contributed by atoms with Gasteiger partial charge in [0.05, 0.1) is 5.69 Å². The maximum Gasteiger partial charge on any atom is 0.195 e. The summed E-state index contributed by atoms with van der Waals surface area (Å²) in [4.78, 5) is 14.8. The lowest BCUT2D eigenvalue weighted by Gasteiger charge is -2.35. The summed E-state index contributed by atoms with van der Waals surface area (Å²) in [6, 6.07) is 0. The summed E-state index contributed by atoms with van der Waals surface area (Å²) in [5.41, 5.74) is 7.04. The third-order valence-electron chi connectivity index (χ3n) is 3.80. The van der Waals surface area contributed by atoms with Crippen LogP contribution in [0.1, 0.15) is 5.69 Å². The third-order valence-corrected chi connectivity index (χ3v) is 5.39. The first kappa shape index (κ1) is 13.1. The second-order valence-electron chi connectivity index (χ2n) is 4.93. The molecule has 0 unspecified atom stereocenters. The molecule has 0 bridgehead atoms. The molecule has 1 saturated heterocycles. The van der Waals surface area contributed by atoms with Crippen molar-refractivity contribution in [2.75, 3.05) is 36.0 Å². The van der Waals surface area contributed by atoms with E-state index in [1.807, 2.05) is 23.2 Å². The Morgan fingerprint density at radius 2 is 1.90 bits per heavy atom. The van der Waals surface area contributed by atoms with Crippen LogP contribution in [0.15, 0.2) is 23.2 Å². The minimum absolute atomic E-state index is 0.514. The highest BCUT2D eigenvalue weighted by molar-refractivity contribution is 7.15. The summed E-state index contributed by atoms with van der Waals surface area (Å²) in [5.74, 6) is 1.04. The Morgan fingerprint density at radius 1 is 1.10 bits per heavy atom. The summed E-state index contributed by atoms with van der Waals surface area (Å²) in [6.45, 7) is 4.38. The molecular weight excluding hydrogens is 304 g/mol. The number of nitrogens with two attached hydrogens (primary N) is 1. The first-order valence-corrected chi connectivity index (χ1v) is 8.66. The molecule has 4 rings (SSSR count). The zero-order valence-corrected chi connectivity index (χ0v) is 13.1. The SMILES string of the molecule is NCc1c(N2CCN(c3nccs3)CC2)nc2sccn12. The first-order chi connectivity index (χ1) is 10.4. The van der Waals surface area contributed by atoms with Crippen molar-refractivity contribution >= 4 is 38.6 Å². The van der Waals surface area contributed by atoms with Crippen LogP contribution in [0.25, 0.3) is 4.96 Å². The monoisotopic (exact) mass is 320 g/mol. The van der Waals surface area contributed by atoms with Crippen LogP contribution in [0.2, 0.25) is 0 Å². The lowest BCUT2D eigenvalue weighted by molar-refractivity contribution is 0.644. The predicted molar refractivity (Wildman–Crippen MR) is 87.5 cm³/mol. The van der Waals surface area contributed by atoms with E-state index in [0.29, 0.717) is 6.54 Å². The number of imidazole rings is 1. The molecule has 4 heterocycles. The Hall–Kier alpha value is -1.64. The lowest BCUT2D eigenvalue weighted by Crippen LogP contribution is -2.47. The van der Waals surface area contributed by atoms with Gasteiger partial charge in [-0.1, -0.05) is 0 Å². The predicted octanol–water partition coefficient (Wildman–Crippen LogP) is 1.64. The number of aromatic nitrogens is 3. The quantitative estimate of drug-likeness (QED) is 0.795. The molecule has 6 nitrogen and oxygen atoms in total. The van der Waals surface area contributed by atoms with Crippen molar-refractivity contribution in [3.8, 4) is 0 Å². The van der Waals surface area contributed by atoms with E-state index in [1.165, 1.54) is 0 Å². The van der Waals surface area contributed by atoms with Crippen LogP contribution in [-0.2, 0) is 6.54 Å². The van der Waals surface area contributed by atoms with E-state index in [-0.39, 0.29) is 0 Å². The standard InChI is InChI=1S/C13H16N6S2/c14-9-10-11(16-13-19(10)6-8-21-13)17-2-4-18(5-3-17)12-15-1-7-20-12/h1,6-8H,2-5,9,14H2. The Labute approximate surface area is 130 Å². The summed E-state index contributed by atoms with van der Waals surface area (Å²) in [7, 11) is 0. The van der Waals surface area contributed by atoms with Crippen molar-refractivity contribution in [2.45, 2.75) is 6.54 Å². The molecule has 0 spiro atoms. The molecular formula is C13H16N6S2. The molecule has 1 fully saturated rings. The molecule has 0 radical (unpaired) electrons. The second-order valence-corrected chi connectivity index (χ2v) is 6.68. The fraction of sp³-hybridized carbons (Fsp3) is 0.385. The number of piperazine rings is 1. The molecule has 0 amide bonds. The molecule has 1 aliphatic heterocycles. The molecule has 3 aromatic heterocycles. The summed E-state index contributed by atoms with van der Waals surface area (Å²) >= 11 is 3.35. The van der Waals surface area contributed by atoms with Gasteiger partial charge in [0.1, 0.15) is 0 Å². The average Bonchev–Trinajstić information content (AvgIpc) is 3.23. The Morgan fingerprint density at radius 3 is 2.62 bits per heavy atom. The molecule has 0 atom stereocenters. The smallest absolute Gasteiger partial charge is 0.195 e. The van der Waals surface area contributed by atoms with E-state index in [1.54, 1.807) is 22.7 Å². The first-order valence-electron chi connectivity index (χ1n) is 6.90. The van der Waals surface area contributed by atoms with Gasteiger partial charge in [-0.25, -0.2) is 9.97 Å². The maximum absolute atomic E-state index is 5.93. The normalized spacial score (nSPS) is 16.0. The van der Waals surface area contributed by atoms with Crippen molar-refractivity contribution in [1.29, 1.82) is 0 Å². The van der Waals surface area contributed by atoms with Crippen LogP contribution in [0.4, 0.5) is 10.9 Å². The van der Waals surface area contributed by atoms with Crippen LogP contribution < -0.4 is 15.5 Å². The van der Waals surface area contributed by atoms with Gasteiger partial charge in [-0.2, -0.15) is 0 Å². The number of hydrogen-bond donors (Lipinski definition) is 1. The minimum Gasteiger partial charge on any atom is -0.351 e. The highest BCUT2D eigenvalue weighted by atomic mass is 32.1. The minimum atomic E-state index is 0.514. The summed E-state index contributed by atoms with van der Waals surface area (Å²) in [5, 5.41) is 5.18. The third kappa shape index (κ3) is 2.19. The Kier molecular flexibility index (Phi) is 3.28. The number of fused-ring (bicyclic) bond motifs is 1. The average molecular weight is 320 g/mol. The number of hydrogen-bond acceptors (Lipinski definition) is 7. The van der Waals surface area contributed by atoms with Gasteiger partial charge < -0.3 is 15.5 Å². The van der Waals surface area contributed by atoms with E-state index < -0.39 is 0 Å². The number of anilines is 2. The van der Waals surface area contributed by atoms with E-state index in [9.17, 15) is 0 Å². The van der Waals surface area contributed by atoms with Gasteiger partial charge in [0.25, 0.3) is 0 Å². The number of nitrogens with zero attached hydrogens (tertiary/aromatic N) is 5. The molecule has 3 aromatic rings. The van der Waals surface area contributed by atoms with Gasteiger partial charge >= 0.3 is 0 Å². The van der Waals surface area contributed by atoms with Crippen molar-refractivity contribution in [2.24, 2.45) is 5.73 Å². The van der Waals surface area contributed by atoms with Gasteiger partial charge in [0.2, 0.25) is 0 Å². The highest BCUT2D eigenvalue weighted by Gasteiger charge is 2.23. The second kappa shape index (κ2) is 5.28. The van der Waals surface area contributed by atoms with Gasteiger partial charge in [-0.05, 0) is 0 Å². The lowest BCUT2D eigenvalue weighted by atomic mass is 10.3. The summed E-state index contributed by atoms with van der Waals surface area (Å²) < 4.78 is 2.10. The van der Waals surface area contributed by atoms with Crippen LogP contribution >= 0.6 is 22.7 Å². The van der Waals surface area contributed by atoms with Gasteiger partial charge in [-0.15, -0.1) is 22.7 Å².